The van der Waals surface area contributed by atoms with Gasteiger partial charge < -0.3 is 35.7 Å². The number of aliphatic hydroxyl groups excluding tert-OH is 1. The van der Waals surface area contributed by atoms with Gasteiger partial charge in [0.25, 0.3) is 0 Å². The first-order valence-corrected chi connectivity index (χ1v) is 13.7. The largest absolute Gasteiger partial charge is 0.465 e. The monoisotopic (exact) mass is 565 g/mol. The van der Waals surface area contributed by atoms with Crippen molar-refractivity contribution < 1.29 is 33.6 Å². The number of ether oxygens (including phenoxy) is 2. The molecule has 0 amide bonds. The second kappa shape index (κ2) is 11.5. The van der Waals surface area contributed by atoms with Crippen LogP contribution >= 0.6 is 7.67 Å². The molecule has 0 aromatic carbocycles. The number of carbonyl (C=O) groups is 1. The van der Waals surface area contributed by atoms with E-state index in [1.807, 2.05) is 0 Å². The SMILES string of the molecule is CCOC(=O)[C@H](C)NP(=O)(NCc1cccnc1)OC[C@H]1O[C@@H](n2cnc3c(N)nc(N)nc32)[C@@](C)(O)[C@H]1O. The lowest BCUT2D eigenvalue weighted by atomic mass is 9.96. The lowest BCUT2D eigenvalue weighted by Crippen LogP contribution is -2.44. The zero-order chi connectivity index (χ0) is 28.4. The second-order valence-electron chi connectivity index (χ2n) is 9.13. The van der Waals surface area contributed by atoms with Gasteiger partial charge in [0.05, 0.1) is 19.5 Å². The number of imidazole rings is 1. The highest BCUT2D eigenvalue weighted by atomic mass is 31.2. The van der Waals surface area contributed by atoms with Crippen molar-refractivity contribution in [3.05, 3.63) is 36.4 Å². The molecule has 4 heterocycles. The van der Waals surface area contributed by atoms with Crippen molar-refractivity contribution >= 4 is 36.6 Å². The molecule has 1 fully saturated rings. The van der Waals surface area contributed by atoms with Crippen LogP contribution in [-0.4, -0.2) is 77.7 Å². The predicted molar refractivity (Wildman–Crippen MR) is 139 cm³/mol. The average molecular weight is 566 g/mol. The van der Waals surface area contributed by atoms with Gasteiger partial charge in [0.1, 0.15) is 29.4 Å². The number of anilines is 2. The number of nitrogen functional groups attached to an aromatic ring is 2. The number of hydrogen-bond acceptors (Lipinski definition) is 13. The lowest BCUT2D eigenvalue weighted by Gasteiger charge is -2.27. The molecule has 1 aliphatic rings. The van der Waals surface area contributed by atoms with E-state index in [1.165, 1.54) is 24.7 Å². The number of esters is 1. The number of rotatable bonds is 11. The van der Waals surface area contributed by atoms with Crippen LogP contribution in [0.25, 0.3) is 11.2 Å². The fourth-order valence-corrected chi connectivity index (χ4v) is 5.71. The number of nitrogens with zero attached hydrogens (tertiary/aromatic N) is 5. The van der Waals surface area contributed by atoms with Crippen molar-refractivity contribution in [1.82, 2.24) is 34.7 Å². The van der Waals surface area contributed by atoms with E-state index < -0.39 is 50.3 Å². The van der Waals surface area contributed by atoms with Gasteiger partial charge >= 0.3 is 13.6 Å². The van der Waals surface area contributed by atoms with Gasteiger partial charge in [-0.1, -0.05) is 6.07 Å². The minimum absolute atomic E-state index is 0.0387. The molecular weight excluding hydrogens is 533 g/mol. The summed E-state index contributed by atoms with van der Waals surface area (Å²) >= 11 is 0. The number of nitrogens with one attached hydrogen (secondary N) is 2. The van der Waals surface area contributed by atoms with Crippen LogP contribution in [0.15, 0.2) is 30.9 Å². The Morgan fingerprint density at radius 3 is 2.85 bits per heavy atom. The van der Waals surface area contributed by atoms with Gasteiger partial charge in [-0.3, -0.25) is 18.9 Å². The smallest absolute Gasteiger partial charge is 0.341 e. The molecule has 0 saturated carbocycles. The van der Waals surface area contributed by atoms with E-state index in [4.69, 9.17) is 25.5 Å². The number of carbonyl (C=O) groups excluding carboxylic acids is 1. The Labute approximate surface area is 223 Å². The zero-order valence-corrected chi connectivity index (χ0v) is 22.5. The van der Waals surface area contributed by atoms with E-state index in [2.05, 4.69) is 30.1 Å². The third-order valence-electron chi connectivity index (χ3n) is 6.11. The predicted octanol–water partition coefficient (Wildman–Crippen LogP) is -0.149. The first-order chi connectivity index (χ1) is 18.4. The van der Waals surface area contributed by atoms with Crippen molar-refractivity contribution in [2.24, 2.45) is 0 Å². The summed E-state index contributed by atoms with van der Waals surface area (Å²) in [6.07, 6.45) is 0.690. The van der Waals surface area contributed by atoms with Gasteiger partial charge in [-0.25, -0.2) is 15.2 Å². The minimum Gasteiger partial charge on any atom is -0.465 e. The summed E-state index contributed by atoms with van der Waals surface area (Å²) in [7, 11) is -3.95. The second-order valence-corrected chi connectivity index (χ2v) is 11.1. The Bertz CT molecular complexity index is 1360. The molecule has 3 aromatic rings. The summed E-state index contributed by atoms with van der Waals surface area (Å²) in [6, 6.07) is 2.49. The number of pyridine rings is 1. The Morgan fingerprint density at radius 1 is 1.38 bits per heavy atom. The topological polar surface area (TPSA) is 235 Å². The van der Waals surface area contributed by atoms with E-state index in [9.17, 15) is 19.6 Å². The maximum Gasteiger partial charge on any atom is 0.341 e. The first-order valence-electron chi connectivity index (χ1n) is 12.1. The average Bonchev–Trinajstić information content (AvgIpc) is 3.40. The van der Waals surface area contributed by atoms with Gasteiger partial charge in [-0.2, -0.15) is 9.97 Å². The van der Waals surface area contributed by atoms with Crippen LogP contribution in [0.5, 0.6) is 0 Å². The van der Waals surface area contributed by atoms with Crippen molar-refractivity contribution in [3.63, 3.8) is 0 Å². The van der Waals surface area contributed by atoms with Gasteiger partial charge in [0.2, 0.25) is 5.95 Å². The molecular formula is C22H32N9O7P. The quantitative estimate of drug-likeness (QED) is 0.131. The van der Waals surface area contributed by atoms with Gasteiger partial charge in [-0.15, -0.1) is 0 Å². The van der Waals surface area contributed by atoms with E-state index in [1.54, 1.807) is 31.5 Å². The zero-order valence-electron chi connectivity index (χ0n) is 21.6. The third-order valence-corrected chi connectivity index (χ3v) is 7.93. The van der Waals surface area contributed by atoms with Gasteiger partial charge in [0.15, 0.2) is 17.7 Å². The maximum atomic E-state index is 13.8. The molecule has 8 N–H and O–H groups in total. The first kappa shape index (κ1) is 28.8. The van der Waals surface area contributed by atoms with Crippen LogP contribution in [0.2, 0.25) is 0 Å². The Kier molecular flexibility index (Phi) is 8.46. The number of aromatic nitrogens is 5. The molecule has 0 radical (unpaired) electrons. The van der Waals surface area contributed by atoms with Crippen molar-refractivity contribution in [3.8, 4) is 0 Å². The number of hydrogen-bond donors (Lipinski definition) is 6. The van der Waals surface area contributed by atoms with Crippen molar-refractivity contribution in [2.75, 3.05) is 24.7 Å². The van der Waals surface area contributed by atoms with E-state index in [0.717, 1.165) is 0 Å². The van der Waals surface area contributed by atoms with Crippen LogP contribution in [0.3, 0.4) is 0 Å². The molecule has 0 aliphatic carbocycles. The van der Waals surface area contributed by atoms with Crippen LogP contribution < -0.4 is 21.6 Å². The molecule has 16 nitrogen and oxygen atoms in total. The molecule has 0 bridgehead atoms. The van der Waals surface area contributed by atoms with Crippen LogP contribution in [0.4, 0.5) is 11.8 Å². The molecule has 4 rings (SSSR count). The molecule has 39 heavy (non-hydrogen) atoms. The molecule has 1 saturated heterocycles. The highest BCUT2D eigenvalue weighted by molar-refractivity contribution is 7.54. The third kappa shape index (κ3) is 6.17. The van der Waals surface area contributed by atoms with Crippen LogP contribution in [0, 0.1) is 0 Å². The molecule has 6 atom stereocenters. The summed E-state index contributed by atoms with van der Waals surface area (Å²) in [5.41, 5.74) is 10.9. The number of aliphatic hydroxyl groups is 2. The summed E-state index contributed by atoms with van der Waals surface area (Å²) in [4.78, 5) is 28.4. The van der Waals surface area contributed by atoms with Crippen LogP contribution in [0.1, 0.15) is 32.6 Å². The molecule has 3 aromatic heterocycles. The van der Waals surface area contributed by atoms with E-state index >= 15 is 0 Å². The highest BCUT2D eigenvalue weighted by Crippen LogP contribution is 2.43. The van der Waals surface area contributed by atoms with Gasteiger partial charge in [-0.05, 0) is 32.4 Å². The lowest BCUT2D eigenvalue weighted by molar-refractivity contribution is -0.144. The van der Waals surface area contributed by atoms with Crippen molar-refractivity contribution in [2.45, 2.75) is 57.4 Å². The fourth-order valence-electron chi connectivity index (χ4n) is 4.09. The van der Waals surface area contributed by atoms with Crippen molar-refractivity contribution in [1.29, 1.82) is 0 Å². The minimum atomic E-state index is -3.95. The fraction of sp³-hybridized carbons (Fsp3) is 0.500. The Morgan fingerprint density at radius 2 is 2.15 bits per heavy atom. The summed E-state index contributed by atoms with van der Waals surface area (Å²) in [6.45, 7) is 4.29. The van der Waals surface area contributed by atoms with E-state index in [0.29, 0.717) is 5.56 Å². The van der Waals surface area contributed by atoms with Gasteiger partial charge in [0, 0.05) is 18.9 Å². The summed E-state index contributed by atoms with van der Waals surface area (Å²) in [5.74, 6) is -0.698. The molecule has 17 heteroatoms. The Balaban J connectivity index is 1.53. The number of nitrogens with two attached hydrogens (primary N) is 2. The molecule has 0 spiro atoms. The maximum absolute atomic E-state index is 13.8. The molecule has 212 valence electrons. The Hall–Kier alpha value is -3.24. The highest BCUT2D eigenvalue weighted by Gasteiger charge is 2.54. The van der Waals surface area contributed by atoms with Crippen LogP contribution in [-0.2, 0) is 29.9 Å². The normalized spacial score (nSPS) is 25.4. The molecule has 1 aliphatic heterocycles. The molecule has 1 unspecified atom stereocenters. The summed E-state index contributed by atoms with van der Waals surface area (Å²) in [5, 5.41) is 27.5. The summed E-state index contributed by atoms with van der Waals surface area (Å²) < 4.78 is 31.8. The number of fused-ring (bicyclic) bond motifs is 1. The standard InChI is InChI=1S/C22H32N9O7P/c1-4-36-19(33)12(2)30-39(35,27-9-13-6-5-7-25-8-13)37-10-14-16(32)22(3,34)20(38-14)31-11-26-15-17(23)28-21(24)29-18(15)31/h5-8,11-12,14,16,20,32,34H,4,9-10H2,1-3H3,(H2,27,30,35)(H4,23,24,28,29)/t12-,14+,16-,20+,22-,39?/m0/s1. The van der Waals surface area contributed by atoms with E-state index in [-0.39, 0.29) is 36.1 Å².